The third-order valence-corrected chi connectivity index (χ3v) is 5.84. The molecule has 1 fully saturated rings. The van der Waals surface area contributed by atoms with Crippen molar-refractivity contribution in [2.45, 2.75) is 31.3 Å². The van der Waals surface area contributed by atoms with E-state index in [1.165, 1.54) is 4.90 Å². The molecule has 2 atom stereocenters. The fourth-order valence-electron chi connectivity index (χ4n) is 4.19. The molecule has 1 amide bonds. The Bertz CT molecular complexity index is 959. The average Bonchev–Trinajstić information content (AvgIpc) is 2.75. The molecule has 0 bridgehead atoms. The molecule has 0 aromatic heterocycles. The summed E-state index contributed by atoms with van der Waals surface area (Å²) in [6.45, 7) is 0.783. The van der Waals surface area contributed by atoms with Crippen LogP contribution in [-0.4, -0.2) is 61.7 Å². The number of aliphatic hydroxyl groups is 1. The Morgan fingerprint density at radius 3 is 2.50 bits per heavy atom. The van der Waals surface area contributed by atoms with Gasteiger partial charge >= 0.3 is 12.1 Å². The van der Waals surface area contributed by atoms with Crippen LogP contribution >= 0.6 is 0 Å². The van der Waals surface area contributed by atoms with E-state index in [1.807, 2.05) is 20.2 Å². The molecule has 1 saturated carbocycles. The summed E-state index contributed by atoms with van der Waals surface area (Å²) in [5, 5.41) is 11.6. The van der Waals surface area contributed by atoms with Gasteiger partial charge in [-0.05, 0) is 56.8 Å². The van der Waals surface area contributed by atoms with Crippen molar-refractivity contribution in [2.24, 2.45) is 5.92 Å². The van der Waals surface area contributed by atoms with Gasteiger partial charge in [-0.3, -0.25) is 0 Å². The Morgan fingerprint density at radius 1 is 1.03 bits per heavy atom. The Balaban J connectivity index is 1.82. The lowest BCUT2D eigenvalue weighted by molar-refractivity contribution is -0.0619. The molecule has 0 aliphatic heterocycles. The quantitative estimate of drug-likeness (QED) is 0.542. The van der Waals surface area contributed by atoms with Crippen molar-refractivity contribution < 1.29 is 24.2 Å². The van der Waals surface area contributed by atoms with Crippen LogP contribution in [0.3, 0.4) is 0 Å². The topological polar surface area (TPSA) is 79.3 Å². The summed E-state index contributed by atoms with van der Waals surface area (Å²) in [6, 6.07) is 13.5. The van der Waals surface area contributed by atoms with Gasteiger partial charge in [0.05, 0.1) is 5.60 Å². The van der Waals surface area contributed by atoms with Crippen LogP contribution in [0.15, 0.2) is 48.5 Å². The van der Waals surface area contributed by atoms with Gasteiger partial charge < -0.3 is 24.4 Å². The molecule has 1 N–H and O–H groups in total. The molecule has 2 aromatic rings. The number of hydrogen-bond donors (Lipinski definition) is 1. The van der Waals surface area contributed by atoms with Crippen LogP contribution in [0, 0.1) is 5.92 Å². The maximum atomic E-state index is 12.9. The summed E-state index contributed by atoms with van der Waals surface area (Å²) >= 11 is 0. The van der Waals surface area contributed by atoms with Crippen molar-refractivity contribution in [3.8, 4) is 11.5 Å². The van der Waals surface area contributed by atoms with E-state index in [4.69, 9.17) is 9.47 Å². The van der Waals surface area contributed by atoms with Crippen LogP contribution in [0.25, 0.3) is 0 Å². The highest BCUT2D eigenvalue weighted by Gasteiger charge is 2.40. The minimum Gasteiger partial charge on any atom is -0.423 e. The van der Waals surface area contributed by atoms with Crippen LogP contribution in [0.4, 0.5) is 4.79 Å². The molecule has 0 radical (unpaired) electrons. The smallest absolute Gasteiger partial charge is 0.414 e. The monoisotopic (exact) mass is 440 g/mol. The zero-order valence-corrected chi connectivity index (χ0v) is 19.2. The van der Waals surface area contributed by atoms with Crippen LogP contribution in [0.5, 0.6) is 11.5 Å². The largest absolute Gasteiger partial charge is 0.423 e. The minimum atomic E-state index is -0.968. The summed E-state index contributed by atoms with van der Waals surface area (Å²) in [7, 11) is 7.14. The summed E-state index contributed by atoms with van der Waals surface area (Å²) < 4.78 is 10.9. The molecule has 3 rings (SSSR count). The van der Waals surface area contributed by atoms with Crippen LogP contribution in [0.2, 0.25) is 0 Å². The SMILES string of the molecule is CN(C)CC1CCCCC1(O)c1cccc(OC(=O)c2ccccc2OC(=O)N(C)C)c1. The number of benzene rings is 2. The van der Waals surface area contributed by atoms with Gasteiger partial charge in [-0.2, -0.15) is 0 Å². The Morgan fingerprint density at radius 2 is 1.78 bits per heavy atom. The number of carbonyl (C=O) groups excluding carboxylic acids is 2. The number of rotatable bonds is 6. The second kappa shape index (κ2) is 10.1. The van der Waals surface area contributed by atoms with E-state index in [0.717, 1.165) is 31.4 Å². The molecular weight excluding hydrogens is 408 g/mol. The van der Waals surface area contributed by atoms with E-state index in [-0.39, 0.29) is 17.2 Å². The maximum Gasteiger partial charge on any atom is 0.414 e. The van der Waals surface area contributed by atoms with Crippen LogP contribution in [-0.2, 0) is 5.60 Å². The first-order valence-corrected chi connectivity index (χ1v) is 10.9. The van der Waals surface area contributed by atoms with E-state index >= 15 is 0 Å². The third kappa shape index (κ3) is 5.47. The van der Waals surface area contributed by atoms with Gasteiger partial charge in [-0.1, -0.05) is 37.1 Å². The predicted molar refractivity (Wildman–Crippen MR) is 122 cm³/mol. The van der Waals surface area contributed by atoms with E-state index < -0.39 is 17.7 Å². The van der Waals surface area contributed by atoms with Crippen molar-refractivity contribution in [2.75, 3.05) is 34.7 Å². The lowest BCUT2D eigenvalue weighted by Gasteiger charge is -2.41. The molecule has 2 unspecified atom stereocenters. The molecule has 0 spiro atoms. The molecule has 32 heavy (non-hydrogen) atoms. The maximum absolute atomic E-state index is 12.9. The molecule has 2 aromatic carbocycles. The fourth-order valence-corrected chi connectivity index (χ4v) is 4.19. The van der Waals surface area contributed by atoms with Gasteiger partial charge in [0, 0.05) is 26.6 Å². The van der Waals surface area contributed by atoms with Gasteiger partial charge in [0.15, 0.2) is 0 Å². The first-order chi connectivity index (χ1) is 15.2. The zero-order chi connectivity index (χ0) is 23.3. The molecule has 1 aliphatic carbocycles. The molecule has 1 aliphatic rings. The molecular formula is C25H32N2O5. The number of amides is 1. The van der Waals surface area contributed by atoms with Gasteiger partial charge in [0.1, 0.15) is 17.1 Å². The highest BCUT2D eigenvalue weighted by molar-refractivity contribution is 5.94. The first kappa shape index (κ1) is 23.8. The van der Waals surface area contributed by atoms with Crippen molar-refractivity contribution >= 4 is 12.1 Å². The molecule has 7 heteroatoms. The van der Waals surface area contributed by atoms with Crippen molar-refractivity contribution in [3.63, 3.8) is 0 Å². The number of ether oxygens (including phenoxy) is 2. The van der Waals surface area contributed by atoms with Gasteiger partial charge in [-0.15, -0.1) is 0 Å². The summed E-state index contributed by atoms with van der Waals surface area (Å²) in [4.78, 5) is 28.2. The predicted octanol–water partition coefficient (Wildman–Crippen LogP) is 3.91. The van der Waals surface area contributed by atoms with Gasteiger partial charge in [0.2, 0.25) is 0 Å². The fraction of sp³-hybridized carbons (Fsp3) is 0.440. The molecule has 0 saturated heterocycles. The highest BCUT2D eigenvalue weighted by atomic mass is 16.6. The summed E-state index contributed by atoms with van der Waals surface area (Å²) in [5.74, 6) is -0.0682. The number of hydrogen-bond acceptors (Lipinski definition) is 6. The second-order valence-electron chi connectivity index (χ2n) is 8.81. The Kier molecular flexibility index (Phi) is 7.53. The van der Waals surface area contributed by atoms with Crippen molar-refractivity contribution in [3.05, 3.63) is 59.7 Å². The molecule has 172 valence electrons. The van der Waals surface area contributed by atoms with E-state index in [9.17, 15) is 14.7 Å². The van der Waals surface area contributed by atoms with E-state index in [0.29, 0.717) is 12.2 Å². The summed E-state index contributed by atoms with van der Waals surface area (Å²) in [5.41, 5.74) is -0.0685. The number of para-hydroxylation sites is 1. The third-order valence-electron chi connectivity index (χ3n) is 5.84. The lowest BCUT2D eigenvalue weighted by Crippen LogP contribution is -2.43. The first-order valence-electron chi connectivity index (χ1n) is 10.9. The number of nitrogens with zero attached hydrogens (tertiary/aromatic N) is 2. The number of esters is 1. The average molecular weight is 441 g/mol. The van der Waals surface area contributed by atoms with Crippen molar-refractivity contribution in [1.82, 2.24) is 9.80 Å². The Labute approximate surface area is 189 Å². The zero-order valence-electron chi connectivity index (χ0n) is 19.2. The normalized spacial score (nSPS) is 20.6. The Hall–Kier alpha value is -2.90. The van der Waals surface area contributed by atoms with Crippen LogP contribution in [0.1, 0.15) is 41.6 Å². The molecule has 0 heterocycles. The minimum absolute atomic E-state index is 0.100. The molecule has 7 nitrogen and oxygen atoms in total. The lowest BCUT2D eigenvalue weighted by atomic mass is 9.71. The standard InChI is InChI=1S/C25H32N2O5/c1-26(2)17-19-10-7-8-15-25(19,30)18-11-9-12-20(16-18)31-23(28)21-13-5-6-14-22(21)32-24(29)27(3)4/h5-6,9,11-14,16,19,30H,7-8,10,15,17H2,1-4H3. The van der Waals surface area contributed by atoms with E-state index in [2.05, 4.69) is 4.90 Å². The number of carbonyl (C=O) groups is 2. The highest BCUT2D eigenvalue weighted by Crippen LogP contribution is 2.42. The van der Waals surface area contributed by atoms with Crippen LogP contribution < -0.4 is 9.47 Å². The van der Waals surface area contributed by atoms with E-state index in [1.54, 1.807) is 56.6 Å². The summed E-state index contributed by atoms with van der Waals surface area (Å²) in [6.07, 6.45) is 3.08. The van der Waals surface area contributed by atoms with Crippen molar-refractivity contribution in [1.29, 1.82) is 0 Å². The van der Waals surface area contributed by atoms with Gasteiger partial charge in [0.25, 0.3) is 0 Å². The second-order valence-corrected chi connectivity index (χ2v) is 8.81. The van der Waals surface area contributed by atoms with Gasteiger partial charge in [-0.25, -0.2) is 9.59 Å².